The van der Waals surface area contributed by atoms with Crippen LogP contribution in [0.5, 0.6) is 5.75 Å². The molecule has 4 rings (SSSR count). The standard InChI is InChI=1S/C20H25N5O3/c1-5-10-23-18(26)16-17(22(3)20(23)27)21-19-24(11-13(2)12-25(16)19)14-8-6-7-9-15(14)28-4/h6-9,13H,5,10-12H2,1-4H3. The van der Waals surface area contributed by atoms with E-state index in [0.717, 1.165) is 18.0 Å². The van der Waals surface area contributed by atoms with Gasteiger partial charge in [-0.05, 0) is 24.5 Å². The van der Waals surface area contributed by atoms with Crippen LogP contribution in [0, 0.1) is 5.92 Å². The van der Waals surface area contributed by atoms with Crippen molar-refractivity contribution in [2.45, 2.75) is 33.4 Å². The summed E-state index contributed by atoms with van der Waals surface area (Å²) in [4.78, 5) is 32.6. The Morgan fingerprint density at radius 3 is 2.68 bits per heavy atom. The second-order valence-corrected chi connectivity index (χ2v) is 7.38. The van der Waals surface area contributed by atoms with Crippen LogP contribution < -0.4 is 20.9 Å². The molecule has 1 atom stereocenters. The van der Waals surface area contributed by atoms with Gasteiger partial charge in [0.05, 0.1) is 12.8 Å². The van der Waals surface area contributed by atoms with Crippen molar-refractivity contribution in [3.8, 4) is 5.75 Å². The summed E-state index contributed by atoms with van der Waals surface area (Å²) < 4.78 is 10.3. The first kappa shape index (κ1) is 18.3. The van der Waals surface area contributed by atoms with E-state index < -0.39 is 0 Å². The highest BCUT2D eigenvalue weighted by atomic mass is 16.5. The molecule has 148 valence electrons. The Kier molecular flexibility index (Phi) is 4.49. The first-order valence-electron chi connectivity index (χ1n) is 9.58. The lowest BCUT2D eigenvalue weighted by Gasteiger charge is -2.33. The Morgan fingerprint density at radius 1 is 1.21 bits per heavy atom. The molecule has 1 aliphatic heterocycles. The average molecular weight is 383 g/mol. The zero-order valence-electron chi connectivity index (χ0n) is 16.7. The van der Waals surface area contributed by atoms with E-state index in [9.17, 15) is 9.59 Å². The molecule has 0 fully saturated rings. The fourth-order valence-electron chi connectivity index (χ4n) is 3.98. The van der Waals surface area contributed by atoms with Gasteiger partial charge >= 0.3 is 5.69 Å². The van der Waals surface area contributed by atoms with E-state index in [0.29, 0.717) is 42.5 Å². The third kappa shape index (κ3) is 2.63. The van der Waals surface area contributed by atoms with E-state index in [2.05, 4.69) is 11.8 Å². The lowest BCUT2D eigenvalue weighted by molar-refractivity contribution is 0.409. The first-order valence-corrected chi connectivity index (χ1v) is 9.58. The minimum Gasteiger partial charge on any atom is -0.495 e. The summed E-state index contributed by atoms with van der Waals surface area (Å²) in [6, 6.07) is 7.76. The van der Waals surface area contributed by atoms with Crippen molar-refractivity contribution in [3.63, 3.8) is 0 Å². The molecule has 1 aliphatic rings. The van der Waals surface area contributed by atoms with Gasteiger partial charge in [-0.3, -0.25) is 13.9 Å². The number of anilines is 2. The van der Waals surface area contributed by atoms with Crippen LogP contribution in [0.2, 0.25) is 0 Å². The van der Waals surface area contributed by atoms with Gasteiger partial charge in [-0.1, -0.05) is 26.0 Å². The van der Waals surface area contributed by atoms with Crippen molar-refractivity contribution < 1.29 is 4.74 Å². The second kappa shape index (κ2) is 6.85. The molecule has 28 heavy (non-hydrogen) atoms. The van der Waals surface area contributed by atoms with Gasteiger partial charge in [-0.15, -0.1) is 0 Å². The lowest BCUT2D eigenvalue weighted by atomic mass is 10.1. The van der Waals surface area contributed by atoms with Crippen LogP contribution in [-0.2, 0) is 20.1 Å². The molecule has 0 saturated carbocycles. The molecule has 8 heteroatoms. The van der Waals surface area contributed by atoms with E-state index in [1.165, 1.54) is 9.13 Å². The molecule has 0 saturated heterocycles. The number of benzene rings is 1. The van der Waals surface area contributed by atoms with Crippen molar-refractivity contribution in [2.24, 2.45) is 13.0 Å². The van der Waals surface area contributed by atoms with E-state index >= 15 is 0 Å². The quantitative estimate of drug-likeness (QED) is 0.690. The Hall–Kier alpha value is -3.03. The smallest absolute Gasteiger partial charge is 0.332 e. The maximum absolute atomic E-state index is 13.1. The topological polar surface area (TPSA) is 74.3 Å². The molecule has 0 radical (unpaired) electrons. The van der Waals surface area contributed by atoms with Crippen LogP contribution in [0.3, 0.4) is 0 Å². The normalized spacial score (nSPS) is 16.4. The SMILES string of the molecule is CCCn1c(=O)c2c(nc3n2CC(C)CN3c2ccccc2OC)n(C)c1=O. The van der Waals surface area contributed by atoms with E-state index in [-0.39, 0.29) is 11.2 Å². The van der Waals surface area contributed by atoms with Gasteiger partial charge in [0.25, 0.3) is 5.56 Å². The van der Waals surface area contributed by atoms with E-state index in [1.807, 2.05) is 35.8 Å². The van der Waals surface area contributed by atoms with E-state index in [1.54, 1.807) is 14.2 Å². The summed E-state index contributed by atoms with van der Waals surface area (Å²) in [5.41, 5.74) is 1.20. The van der Waals surface area contributed by atoms with Crippen LogP contribution in [-0.4, -0.2) is 32.3 Å². The monoisotopic (exact) mass is 383 g/mol. The molecule has 8 nitrogen and oxygen atoms in total. The van der Waals surface area contributed by atoms with E-state index in [4.69, 9.17) is 9.72 Å². The minimum absolute atomic E-state index is 0.271. The van der Waals surface area contributed by atoms with Crippen molar-refractivity contribution in [2.75, 3.05) is 18.6 Å². The number of hydrogen-bond donors (Lipinski definition) is 0. The number of aryl methyl sites for hydroxylation is 1. The van der Waals surface area contributed by atoms with Crippen molar-refractivity contribution in [1.29, 1.82) is 0 Å². The van der Waals surface area contributed by atoms with Gasteiger partial charge < -0.3 is 14.2 Å². The maximum Gasteiger partial charge on any atom is 0.332 e. The van der Waals surface area contributed by atoms with Gasteiger partial charge in [-0.2, -0.15) is 4.98 Å². The van der Waals surface area contributed by atoms with Gasteiger partial charge in [0.15, 0.2) is 11.2 Å². The van der Waals surface area contributed by atoms with Gasteiger partial charge in [0, 0.05) is 26.7 Å². The second-order valence-electron chi connectivity index (χ2n) is 7.38. The first-order chi connectivity index (χ1) is 13.5. The Balaban J connectivity index is 2.03. The third-order valence-corrected chi connectivity index (χ3v) is 5.27. The summed E-state index contributed by atoms with van der Waals surface area (Å²) in [6.45, 7) is 5.92. The highest BCUT2D eigenvalue weighted by Gasteiger charge is 2.30. The molecular formula is C20H25N5O3. The van der Waals surface area contributed by atoms with Gasteiger partial charge in [0.1, 0.15) is 5.75 Å². The Labute approximate surface area is 162 Å². The largest absolute Gasteiger partial charge is 0.495 e. The number of ether oxygens (including phenoxy) is 1. The average Bonchev–Trinajstić information content (AvgIpc) is 3.08. The highest BCUT2D eigenvalue weighted by molar-refractivity contribution is 5.78. The minimum atomic E-state index is -0.327. The number of rotatable bonds is 4. The predicted molar refractivity (Wildman–Crippen MR) is 109 cm³/mol. The molecule has 3 aromatic rings. The molecule has 2 aromatic heterocycles. The van der Waals surface area contributed by atoms with Gasteiger partial charge in [0.2, 0.25) is 5.95 Å². The lowest BCUT2D eigenvalue weighted by Crippen LogP contribution is -2.40. The van der Waals surface area contributed by atoms with Crippen molar-refractivity contribution in [3.05, 3.63) is 45.1 Å². The molecule has 3 heterocycles. The zero-order chi connectivity index (χ0) is 20.0. The number of imidazole rings is 1. The van der Waals surface area contributed by atoms with Crippen LogP contribution in [0.1, 0.15) is 20.3 Å². The number of nitrogens with zero attached hydrogens (tertiary/aromatic N) is 5. The third-order valence-electron chi connectivity index (χ3n) is 5.27. The van der Waals surface area contributed by atoms with Gasteiger partial charge in [-0.25, -0.2) is 4.79 Å². The fourth-order valence-corrected chi connectivity index (χ4v) is 3.98. The summed E-state index contributed by atoms with van der Waals surface area (Å²) in [7, 11) is 3.31. The number of fused-ring (bicyclic) bond motifs is 3. The van der Waals surface area contributed by atoms with Crippen LogP contribution >= 0.6 is 0 Å². The van der Waals surface area contributed by atoms with Crippen LogP contribution in [0.25, 0.3) is 11.2 Å². The molecule has 0 spiro atoms. The summed E-state index contributed by atoms with van der Waals surface area (Å²) in [5, 5.41) is 0. The zero-order valence-corrected chi connectivity index (χ0v) is 16.7. The van der Waals surface area contributed by atoms with Crippen molar-refractivity contribution >= 4 is 22.8 Å². The molecule has 0 aliphatic carbocycles. The summed E-state index contributed by atoms with van der Waals surface area (Å²) in [5.74, 6) is 1.71. The number of para-hydroxylation sites is 2. The number of methoxy groups -OCH3 is 1. The fraction of sp³-hybridized carbons (Fsp3) is 0.450. The molecule has 0 N–H and O–H groups in total. The Bertz CT molecular complexity index is 1160. The Morgan fingerprint density at radius 2 is 1.96 bits per heavy atom. The van der Waals surface area contributed by atoms with Crippen LogP contribution in [0.15, 0.2) is 33.9 Å². The molecule has 0 bridgehead atoms. The number of aromatic nitrogens is 4. The summed E-state index contributed by atoms with van der Waals surface area (Å²) >= 11 is 0. The van der Waals surface area contributed by atoms with Crippen molar-refractivity contribution in [1.82, 2.24) is 18.7 Å². The molecular weight excluding hydrogens is 358 g/mol. The molecule has 1 aromatic carbocycles. The highest BCUT2D eigenvalue weighted by Crippen LogP contribution is 2.37. The predicted octanol–water partition coefficient (Wildman–Crippen LogP) is 2.10. The number of hydrogen-bond acceptors (Lipinski definition) is 5. The maximum atomic E-state index is 13.1. The molecule has 1 unspecified atom stereocenters. The summed E-state index contributed by atoms with van der Waals surface area (Å²) in [6.07, 6.45) is 0.714. The molecule has 0 amide bonds. The van der Waals surface area contributed by atoms with Crippen LogP contribution in [0.4, 0.5) is 11.6 Å².